The summed E-state index contributed by atoms with van der Waals surface area (Å²) in [6.45, 7) is 0. The molecule has 0 fully saturated rings. The van der Waals surface area contributed by atoms with Crippen LogP contribution in [0.2, 0.25) is 0 Å². The third kappa shape index (κ3) is 6.78. The summed E-state index contributed by atoms with van der Waals surface area (Å²) >= 11 is 0. The first kappa shape index (κ1) is 40.5. The lowest BCUT2D eigenvalue weighted by Gasteiger charge is -2.34. The third-order valence-corrected chi connectivity index (χ3v) is 19.1. The molecule has 0 atom stereocenters. The summed E-state index contributed by atoms with van der Waals surface area (Å²) in [6.07, 6.45) is 0. The zero-order valence-electron chi connectivity index (χ0n) is 38.0. The first-order valence-electron chi connectivity index (χ1n) is 23.8. The quantitative estimate of drug-likeness (QED) is 0.101. The van der Waals surface area contributed by atoms with Crippen molar-refractivity contribution in [3.05, 3.63) is 279 Å². The fraction of sp³-hybridized carbons (Fsp3) is 0. The van der Waals surface area contributed by atoms with Crippen molar-refractivity contribution in [3.8, 4) is 44.8 Å². The fourth-order valence-corrected chi connectivity index (χ4v) is 15.8. The van der Waals surface area contributed by atoms with Gasteiger partial charge < -0.3 is 9.13 Å². The van der Waals surface area contributed by atoms with E-state index in [1.54, 1.807) is 0 Å². The molecule has 3 heteroatoms. The van der Waals surface area contributed by atoms with Gasteiger partial charge in [0.25, 0.3) is 0 Å². The van der Waals surface area contributed by atoms with Crippen LogP contribution >= 0.6 is 0 Å². The van der Waals surface area contributed by atoms with Crippen molar-refractivity contribution >= 4 is 72.4 Å². The fourth-order valence-electron chi connectivity index (χ4n) is 11.1. The number of para-hydroxylation sites is 3. The number of fused-ring (bicyclic) bond motifs is 6. The van der Waals surface area contributed by atoms with Crippen LogP contribution in [-0.2, 0) is 0 Å². The summed E-state index contributed by atoms with van der Waals surface area (Å²) in [6, 6.07) is 103. The van der Waals surface area contributed by atoms with Crippen LogP contribution in [0.4, 0.5) is 0 Å². The smallest absolute Gasteiger partial charge is 0.179 e. The molecule has 0 amide bonds. The Morgan fingerprint density at radius 3 is 1.10 bits per heavy atom. The van der Waals surface area contributed by atoms with Crippen LogP contribution in [-0.4, -0.2) is 17.2 Å². The molecular formula is C66H46N2Si. The second-order valence-electron chi connectivity index (χ2n) is 18.1. The van der Waals surface area contributed by atoms with E-state index in [0.29, 0.717) is 0 Å². The summed E-state index contributed by atoms with van der Waals surface area (Å²) in [5.41, 5.74) is 14.3. The van der Waals surface area contributed by atoms with E-state index in [2.05, 4.69) is 288 Å². The Balaban J connectivity index is 0.902. The first-order chi connectivity index (χ1) is 34.2. The van der Waals surface area contributed by atoms with Gasteiger partial charge in [-0.2, -0.15) is 0 Å². The monoisotopic (exact) mass is 894 g/mol. The minimum Gasteiger partial charge on any atom is -0.309 e. The molecule has 69 heavy (non-hydrogen) atoms. The van der Waals surface area contributed by atoms with Crippen molar-refractivity contribution < 1.29 is 0 Å². The van der Waals surface area contributed by atoms with E-state index in [1.165, 1.54) is 103 Å². The highest BCUT2D eigenvalue weighted by Crippen LogP contribution is 2.40. The number of aromatic nitrogens is 2. The van der Waals surface area contributed by atoms with Crippen molar-refractivity contribution in [2.24, 2.45) is 0 Å². The van der Waals surface area contributed by atoms with Gasteiger partial charge in [-0.15, -0.1) is 0 Å². The van der Waals surface area contributed by atoms with Crippen LogP contribution in [0.1, 0.15) is 0 Å². The predicted molar refractivity (Wildman–Crippen MR) is 295 cm³/mol. The Hall–Kier alpha value is -8.76. The lowest BCUT2D eigenvalue weighted by molar-refractivity contribution is 1.18. The molecular weight excluding hydrogens is 849 g/mol. The highest BCUT2D eigenvalue weighted by Gasteiger charge is 2.41. The van der Waals surface area contributed by atoms with E-state index in [-0.39, 0.29) is 0 Å². The molecule has 0 bridgehead atoms. The van der Waals surface area contributed by atoms with Gasteiger partial charge in [-0.25, -0.2) is 0 Å². The van der Waals surface area contributed by atoms with E-state index in [1.807, 2.05) is 0 Å². The molecule has 0 aliphatic heterocycles. The minimum atomic E-state index is -2.62. The lowest BCUT2D eigenvalue weighted by atomic mass is 9.97. The molecule has 2 aromatic heterocycles. The van der Waals surface area contributed by atoms with Gasteiger partial charge >= 0.3 is 0 Å². The maximum atomic E-state index is 2.43. The number of hydrogen-bond acceptors (Lipinski definition) is 0. The number of hydrogen-bond donors (Lipinski definition) is 0. The topological polar surface area (TPSA) is 9.86 Å². The molecule has 2 nitrogen and oxygen atoms in total. The second kappa shape index (κ2) is 16.8. The van der Waals surface area contributed by atoms with Crippen LogP contribution in [0.5, 0.6) is 0 Å². The highest BCUT2D eigenvalue weighted by atomic mass is 28.3. The van der Waals surface area contributed by atoms with Gasteiger partial charge in [0, 0.05) is 32.9 Å². The van der Waals surface area contributed by atoms with Crippen molar-refractivity contribution in [3.63, 3.8) is 0 Å². The van der Waals surface area contributed by atoms with Gasteiger partial charge in [-0.1, -0.05) is 212 Å². The van der Waals surface area contributed by atoms with Gasteiger partial charge in [0.2, 0.25) is 0 Å². The normalized spacial score (nSPS) is 11.8. The van der Waals surface area contributed by atoms with Crippen molar-refractivity contribution in [1.82, 2.24) is 9.13 Å². The Labute approximate surface area is 403 Å². The van der Waals surface area contributed by atoms with E-state index < -0.39 is 8.07 Å². The molecule has 13 rings (SSSR count). The molecule has 0 saturated carbocycles. The van der Waals surface area contributed by atoms with Crippen LogP contribution in [0.25, 0.3) is 88.4 Å². The molecule has 13 aromatic rings. The SMILES string of the molecule is c1ccc(-n2c3ccccc3c3cc(-c4ccc5c(c4)c4ccc(-c6cccc(-c7ccc([Si](c8ccccc8)(c8ccccc8)c8ccccc8)cc7)c6)cc4n5-c4ccccc4)ccc32)cc1. The predicted octanol–water partition coefficient (Wildman–Crippen LogP) is 14.3. The number of benzene rings is 11. The Bertz CT molecular complexity index is 3870. The molecule has 324 valence electrons. The largest absolute Gasteiger partial charge is 0.309 e. The molecule has 2 heterocycles. The van der Waals surface area contributed by atoms with Gasteiger partial charge in [0.1, 0.15) is 0 Å². The van der Waals surface area contributed by atoms with Gasteiger partial charge in [-0.3, -0.25) is 0 Å². The molecule has 0 aliphatic carbocycles. The van der Waals surface area contributed by atoms with Gasteiger partial charge in [-0.05, 0) is 121 Å². The molecule has 0 saturated heterocycles. The van der Waals surface area contributed by atoms with Gasteiger partial charge in [0.15, 0.2) is 8.07 Å². The summed E-state index contributed by atoms with van der Waals surface area (Å²) < 4.78 is 4.81. The zero-order valence-corrected chi connectivity index (χ0v) is 39.0. The summed E-state index contributed by atoms with van der Waals surface area (Å²) in [5, 5.41) is 10.5. The van der Waals surface area contributed by atoms with Crippen LogP contribution in [0.3, 0.4) is 0 Å². The van der Waals surface area contributed by atoms with E-state index in [9.17, 15) is 0 Å². The van der Waals surface area contributed by atoms with Gasteiger partial charge in [0.05, 0.1) is 22.1 Å². The molecule has 0 unspecified atom stereocenters. The van der Waals surface area contributed by atoms with Crippen molar-refractivity contribution in [1.29, 1.82) is 0 Å². The standard InChI is InChI=1S/C66H46N2Si/c1-6-21-53(22-7-1)67-63-32-17-16-31-59(63)61-44-50(36-41-64(61)67)51-37-42-65-62(45-51)60-40-35-52(46-66(60)68(65)54-23-8-2-9-24-54)49-20-18-19-48(43-49)47-33-38-58(39-34-47)69(55-25-10-3-11-26-55,56-27-12-4-13-28-56)57-29-14-5-15-30-57/h1-46H. The zero-order chi connectivity index (χ0) is 45.7. The van der Waals surface area contributed by atoms with Crippen LogP contribution in [0.15, 0.2) is 279 Å². The number of rotatable bonds is 9. The molecule has 0 aliphatic rings. The highest BCUT2D eigenvalue weighted by molar-refractivity contribution is 7.19. The average molecular weight is 895 g/mol. The maximum Gasteiger partial charge on any atom is 0.179 e. The molecule has 0 N–H and O–H groups in total. The Morgan fingerprint density at radius 2 is 0.565 bits per heavy atom. The molecule has 0 radical (unpaired) electrons. The molecule has 11 aromatic carbocycles. The van der Waals surface area contributed by atoms with E-state index in [0.717, 1.165) is 5.69 Å². The third-order valence-electron chi connectivity index (χ3n) is 14.3. The van der Waals surface area contributed by atoms with Crippen LogP contribution in [0, 0.1) is 0 Å². The van der Waals surface area contributed by atoms with E-state index >= 15 is 0 Å². The summed E-state index contributed by atoms with van der Waals surface area (Å²) in [4.78, 5) is 0. The number of nitrogens with zero attached hydrogens (tertiary/aromatic N) is 2. The summed E-state index contributed by atoms with van der Waals surface area (Å²) in [5.74, 6) is 0. The average Bonchev–Trinajstić information content (AvgIpc) is 3.94. The minimum absolute atomic E-state index is 1.15. The Kier molecular flexibility index (Phi) is 9.88. The van der Waals surface area contributed by atoms with Crippen molar-refractivity contribution in [2.75, 3.05) is 0 Å². The second-order valence-corrected chi connectivity index (χ2v) is 21.9. The lowest BCUT2D eigenvalue weighted by Crippen LogP contribution is -2.74. The van der Waals surface area contributed by atoms with Crippen molar-refractivity contribution in [2.45, 2.75) is 0 Å². The van der Waals surface area contributed by atoms with E-state index in [4.69, 9.17) is 0 Å². The molecule has 0 spiro atoms. The summed E-state index contributed by atoms with van der Waals surface area (Å²) in [7, 11) is -2.62. The Morgan fingerprint density at radius 1 is 0.203 bits per heavy atom. The first-order valence-corrected chi connectivity index (χ1v) is 25.8. The maximum absolute atomic E-state index is 2.62. The van der Waals surface area contributed by atoms with Crippen LogP contribution < -0.4 is 20.7 Å².